The molecule has 0 radical (unpaired) electrons. The van der Waals surface area contributed by atoms with Crippen molar-refractivity contribution in [1.29, 1.82) is 0 Å². The van der Waals surface area contributed by atoms with Gasteiger partial charge in [0.25, 0.3) is 0 Å². The molecule has 16 heavy (non-hydrogen) atoms. The molecule has 6 heteroatoms. The van der Waals surface area contributed by atoms with Crippen LogP contribution in [-0.2, 0) is 4.79 Å². The molecule has 0 spiro atoms. The maximum Gasteiger partial charge on any atom is 0.239 e. The summed E-state index contributed by atoms with van der Waals surface area (Å²) in [5, 5.41) is 5.65. The third-order valence-corrected chi connectivity index (χ3v) is 1.75. The molecule has 1 aromatic heterocycles. The molecule has 6 nitrogen and oxygen atoms in total. The summed E-state index contributed by atoms with van der Waals surface area (Å²) < 4.78 is 0. The highest BCUT2D eigenvalue weighted by Gasteiger charge is 2.04. The lowest BCUT2D eigenvalue weighted by atomic mass is 10.4. The summed E-state index contributed by atoms with van der Waals surface area (Å²) in [7, 11) is 0. The van der Waals surface area contributed by atoms with Crippen molar-refractivity contribution in [3.05, 3.63) is 11.8 Å². The van der Waals surface area contributed by atoms with E-state index in [2.05, 4.69) is 20.6 Å². The van der Waals surface area contributed by atoms with Crippen molar-refractivity contribution in [1.82, 2.24) is 15.3 Å². The Kier molecular flexibility index (Phi) is 4.04. The van der Waals surface area contributed by atoms with Gasteiger partial charge in [-0.15, -0.1) is 0 Å². The van der Waals surface area contributed by atoms with Gasteiger partial charge in [-0.1, -0.05) is 0 Å². The fraction of sp³-hybridized carbons (Fsp3) is 0.500. The van der Waals surface area contributed by atoms with Crippen LogP contribution in [0.4, 0.5) is 11.8 Å². The van der Waals surface area contributed by atoms with Gasteiger partial charge in [0.05, 0.1) is 6.54 Å². The third kappa shape index (κ3) is 4.12. The predicted molar refractivity (Wildman–Crippen MR) is 62.9 cm³/mol. The van der Waals surface area contributed by atoms with Crippen molar-refractivity contribution in [2.75, 3.05) is 17.6 Å². The fourth-order valence-corrected chi connectivity index (χ4v) is 1.23. The van der Waals surface area contributed by atoms with Crippen molar-refractivity contribution in [3.63, 3.8) is 0 Å². The first kappa shape index (κ1) is 12.2. The highest BCUT2D eigenvalue weighted by atomic mass is 16.1. The Balaban J connectivity index is 2.51. The van der Waals surface area contributed by atoms with Gasteiger partial charge in [-0.2, -0.15) is 4.98 Å². The lowest BCUT2D eigenvalue weighted by Crippen LogP contribution is -2.35. The Morgan fingerprint density at radius 3 is 2.75 bits per heavy atom. The maximum atomic E-state index is 11.3. The van der Waals surface area contributed by atoms with Crippen molar-refractivity contribution in [2.24, 2.45) is 0 Å². The second-order valence-corrected chi connectivity index (χ2v) is 3.83. The number of nitrogens with zero attached hydrogens (tertiary/aromatic N) is 2. The maximum absolute atomic E-state index is 11.3. The van der Waals surface area contributed by atoms with Crippen LogP contribution in [0.25, 0.3) is 0 Å². The van der Waals surface area contributed by atoms with E-state index >= 15 is 0 Å². The summed E-state index contributed by atoms with van der Waals surface area (Å²) in [5.74, 6) is 0.681. The minimum absolute atomic E-state index is 0.0789. The molecule has 4 N–H and O–H groups in total. The van der Waals surface area contributed by atoms with Crippen LogP contribution in [0.15, 0.2) is 6.07 Å². The Hall–Kier alpha value is -1.85. The first-order chi connectivity index (χ1) is 7.47. The van der Waals surface area contributed by atoms with Crippen LogP contribution >= 0.6 is 0 Å². The average Bonchev–Trinajstić information content (AvgIpc) is 2.12. The molecule has 0 bridgehead atoms. The number of nitrogens with two attached hydrogens (primary N) is 1. The molecular weight excluding hydrogens is 206 g/mol. The Morgan fingerprint density at radius 1 is 1.50 bits per heavy atom. The van der Waals surface area contributed by atoms with Gasteiger partial charge in [-0.05, 0) is 20.8 Å². The number of nitrogens with one attached hydrogen (secondary N) is 2. The van der Waals surface area contributed by atoms with Crippen LogP contribution in [0.2, 0.25) is 0 Å². The van der Waals surface area contributed by atoms with Gasteiger partial charge in [-0.3, -0.25) is 4.79 Å². The summed E-state index contributed by atoms with van der Waals surface area (Å²) in [4.78, 5) is 19.2. The molecule has 0 saturated carbocycles. The van der Waals surface area contributed by atoms with Crippen molar-refractivity contribution < 1.29 is 4.79 Å². The van der Waals surface area contributed by atoms with Gasteiger partial charge in [0.2, 0.25) is 11.9 Å². The average molecular weight is 223 g/mol. The van der Waals surface area contributed by atoms with Crippen molar-refractivity contribution >= 4 is 17.7 Å². The van der Waals surface area contributed by atoms with Crippen LogP contribution in [0.3, 0.4) is 0 Å². The molecule has 1 aromatic rings. The zero-order valence-corrected chi connectivity index (χ0v) is 9.74. The van der Waals surface area contributed by atoms with Crippen molar-refractivity contribution in [3.8, 4) is 0 Å². The highest BCUT2D eigenvalue weighted by molar-refractivity contribution is 5.80. The highest BCUT2D eigenvalue weighted by Crippen LogP contribution is 2.06. The number of amides is 1. The fourth-order valence-electron chi connectivity index (χ4n) is 1.23. The Bertz CT molecular complexity index is 357. The second kappa shape index (κ2) is 5.29. The van der Waals surface area contributed by atoms with Gasteiger partial charge in [-0.25, -0.2) is 4.98 Å². The van der Waals surface area contributed by atoms with Gasteiger partial charge >= 0.3 is 0 Å². The molecule has 0 fully saturated rings. The molecule has 0 unspecified atom stereocenters. The normalized spacial score (nSPS) is 10.2. The second-order valence-electron chi connectivity index (χ2n) is 3.83. The van der Waals surface area contributed by atoms with E-state index in [0.717, 1.165) is 5.69 Å². The van der Waals surface area contributed by atoms with E-state index in [9.17, 15) is 4.79 Å². The van der Waals surface area contributed by atoms with Gasteiger partial charge in [0.15, 0.2) is 0 Å². The number of hydrogen-bond acceptors (Lipinski definition) is 5. The lowest BCUT2D eigenvalue weighted by molar-refractivity contribution is -0.119. The van der Waals surface area contributed by atoms with E-state index in [1.807, 2.05) is 20.8 Å². The zero-order valence-electron chi connectivity index (χ0n) is 9.74. The zero-order chi connectivity index (χ0) is 12.1. The number of rotatable bonds is 4. The molecule has 1 rings (SSSR count). The van der Waals surface area contributed by atoms with Gasteiger partial charge in [0, 0.05) is 17.8 Å². The number of hydrogen-bond donors (Lipinski definition) is 3. The van der Waals surface area contributed by atoms with Crippen molar-refractivity contribution in [2.45, 2.75) is 26.8 Å². The van der Waals surface area contributed by atoms with E-state index in [1.54, 1.807) is 6.07 Å². The van der Waals surface area contributed by atoms with Crippen LogP contribution < -0.4 is 16.4 Å². The largest absolute Gasteiger partial charge is 0.368 e. The van der Waals surface area contributed by atoms with Crippen LogP contribution in [0.5, 0.6) is 0 Å². The molecule has 0 saturated heterocycles. The Labute approximate surface area is 94.7 Å². The molecular formula is C10H17N5O. The first-order valence-electron chi connectivity index (χ1n) is 5.12. The Morgan fingerprint density at radius 2 is 2.19 bits per heavy atom. The van der Waals surface area contributed by atoms with E-state index in [4.69, 9.17) is 5.73 Å². The minimum atomic E-state index is -0.0789. The molecule has 1 amide bonds. The molecule has 0 aromatic carbocycles. The molecule has 0 aliphatic heterocycles. The summed E-state index contributed by atoms with van der Waals surface area (Å²) in [5.41, 5.74) is 6.25. The quantitative estimate of drug-likeness (QED) is 0.683. The first-order valence-corrected chi connectivity index (χ1v) is 5.12. The predicted octanol–water partition coefficient (Wildman–Crippen LogP) is 0.304. The number of carbonyl (C=O) groups excluding carboxylic acids is 1. The number of aryl methyl sites for hydroxylation is 1. The minimum Gasteiger partial charge on any atom is -0.368 e. The van der Waals surface area contributed by atoms with E-state index in [1.165, 1.54) is 0 Å². The van der Waals surface area contributed by atoms with Crippen LogP contribution in [-0.4, -0.2) is 28.5 Å². The molecule has 0 aliphatic carbocycles. The number of nitrogen functional groups attached to an aromatic ring is 1. The SMILES string of the molecule is Cc1cc(NCC(=O)NC(C)C)nc(N)n1. The lowest BCUT2D eigenvalue weighted by Gasteiger charge is -2.09. The molecule has 0 atom stereocenters. The molecule has 1 heterocycles. The van der Waals surface area contributed by atoms with E-state index < -0.39 is 0 Å². The summed E-state index contributed by atoms with van der Waals surface area (Å²) in [6, 6.07) is 1.87. The smallest absolute Gasteiger partial charge is 0.239 e. The topological polar surface area (TPSA) is 92.9 Å². The van der Waals surface area contributed by atoms with E-state index in [-0.39, 0.29) is 24.4 Å². The number of anilines is 2. The third-order valence-electron chi connectivity index (χ3n) is 1.75. The summed E-state index contributed by atoms with van der Waals surface area (Å²) in [6.07, 6.45) is 0. The number of carbonyl (C=O) groups is 1. The molecule has 0 aliphatic rings. The van der Waals surface area contributed by atoms with E-state index in [0.29, 0.717) is 5.82 Å². The number of aromatic nitrogens is 2. The van der Waals surface area contributed by atoms with Crippen LogP contribution in [0.1, 0.15) is 19.5 Å². The standard InChI is InChI=1S/C10H17N5O/c1-6(2)13-9(16)5-12-8-4-7(3)14-10(11)15-8/h4,6H,5H2,1-3H3,(H,13,16)(H3,11,12,14,15). The summed E-state index contributed by atoms with van der Waals surface area (Å²) in [6.45, 7) is 5.81. The van der Waals surface area contributed by atoms with Gasteiger partial charge in [0.1, 0.15) is 5.82 Å². The van der Waals surface area contributed by atoms with Crippen LogP contribution in [0, 0.1) is 6.92 Å². The van der Waals surface area contributed by atoms with Gasteiger partial charge < -0.3 is 16.4 Å². The monoisotopic (exact) mass is 223 g/mol. The molecule has 88 valence electrons. The summed E-state index contributed by atoms with van der Waals surface area (Å²) >= 11 is 0.